The Balaban J connectivity index is 1.80. The third kappa shape index (κ3) is 5.71. The van der Waals surface area contributed by atoms with Gasteiger partial charge in [-0.15, -0.1) is 0 Å². The van der Waals surface area contributed by atoms with Crippen LogP contribution in [0.15, 0.2) is 71.8 Å². The van der Waals surface area contributed by atoms with Crippen molar-refractivity contribution >= 4 is 15.7 Å². The second kappa shape index (κ2) is 8.72. The highest BCUT2D eigenvalue weighted by Gasteiger charge is 2.31. The molecule has 0 radical (unpaired) electrons. The van der Waals surface area contributed by atoms with E-state index in [9.17, 15) is 21.6 Å². The van der Waals surface area contributed by atoms with Crippen LogP contribution in [0.4, 0.5) is 18.9 Å². The van der Waals surface area contributed by atoms with Gasteiger partial charge in [0, 0.05) is 6.54 Å². The number of aromatic nitrogens is 1. The average molecular weight is 437 g/mol. The lowest BCUT2D eigenvalue weighted by Gasteiger charge is -2.13. The van der Waals surface area contributed by atoms with Gasteiger partial charge in [-0.05, 0) is 36.2 Å². The van der Waals surface area contributed by atoms with E-state index in [1.165, 1.54) is 18.3 Å². The van der Waals surface area contributed by atoms with Gasteiger partial charge in [-0.25, -0.2) is 18.5 Å². The highest BCUT2D eigenvalue weighted by atomic mass is 32.2. The summed E-state index contributed by atoms with van der Waals surface area (Å²) < 4.78 is 67.9. The Hall–Kier alpha value is -3.11. The second-order valence-electron chi connectivity index (χ2n) is 6.36. The van der Waals surface area contributed by atoms with Crippen LogP contribution in [0, 0.1) is 0 Å². The number of nitrogens with one attached hydrogen (secondary N) is 1. The molecule has 0 atom stereocenters. The van der Waals surface area contributed by atoms with Gasteiger partial charge >= 0.3 is 6.18 Å². The van der Waals surface area contributed by atoms with Crippen LogP contribution in [0.2, 0.25) is 0 Å². The van der Waals surface area contributed by atoms with Gasteiger partial charge in [0.05, 0.1) is 17.4 Å². The van der Waals surface area contributed by atoms with Crippen molar-refractivity contribution < 1.29 is 26.3 Å². The van der Waals surface area contributed by atoms with E-state index in [1.54, 1.807) is 0 Å². The van der Waals surface area contributed by atoms with E-state index in [-0.39, 0.29) is 5.75 Å². The zero-order valence-electron chi connectivity index (χ0n) is 15.6. The molecule has 30 heavy (non-hydrogen) atoms. The Bertz CT molecular complexity index is 1120. The molecule has 0 unspecified atom stereocenters. The summed E-state index contributed by atoms with van der Waals surface area (Å²) in [7, 11) is -4.24. The molecule has 0 amide bonds. The lowest BCUT2D eigenvalue weighted by molar-refractivity contribution is -0.137. The number of alkyl halides is 3. The summed E-state index contributed by atoms with van der Waals surface area (Å²) in [5, 5.41) is 8.28. The normalized spacial score (nSPS) is 11.9. The van der Waals surface area contributed by atoms with Gasteiger partial charge in [-0.3, -0.25) is 0 Å². The molecule has 6 nitrogen and oxygen atoms in total. The fourth-order valence-corrected chi connectivity index (χ4v) is 3.28. The summed E-state index contributed by atoms with van der Waals surface area (Å²) >= 11 is 0. The number of hydrogen-bond donors (Lipinski definition) is 2. The Morgan fingerprint density at radius 2 is 1.77 bits per heavy atom. The molecule has 158 valence electrons. The molecule has 0 aliphatic heterocycles. The van der Waals surface area contributed by atoms with Gasteiger partial charge in [0.25, 0.3) is 0 Å². The lowest BCUT2D eigenvalue weighted by atomic mass is 10.1. The molecule has 0 spiro atoms. The summed E-state index contributed by atoms with van der Waals surface area (Å²) in [4.78, 5) is 3.49. The monoisotopic (exact) mass is 437 g/mol. The number of anilines is 1. The first kappa shape index (κ1) is 21.6. The standard InChI is InChI=1S/C20H18F3N3O3S/c21-20(22,23)15-7-4-8-17(11-15)29-19-18(30(24,27)28)12-16(13-26-19)25-10-9-14-5-2-1-3-6-14/h1-8,11-13,25H,9-10H2,(H2,24,27,28). The van der Waals surface area contributed by atoms with Crippen molar-refractivity contribution in [1.82, 2.24) is 4.98 Å². The summed E-state index contributed by atoms with van der Waals surface area (Å²) in [6.45, 7) is 0.504. The molecule has 0 saturated carbocycles. The van der Waals surface area contributed by atoms with Crippen LogP contribution in [0.3, 0.4) is 0 Å². The fraction of sp³-hybridized carbons (Fsp3) is 0.150. The van der Waals surface area contributed by atoms with Gasteiger partial charge in [-0.2, -0.15) is 13.2 Å². The van der Waals surface area contributed by atoms with Crippen LogP contribution in [0.5, 0.6) is 11.6 Å². The number of hydrogen-bond acceptors (Lipinski definition) is 5. The maximum absolute atomic E-state index is 12.9. The van der Waals surface area contributed by atoms with E-state index in [2.05, 4.69) is 10.3 Å². The minimum Gasteiger partial charge on any atom is -0.438 e. The van der Waals surface area contributed by atoms with E-state index >= 15 is 0 Å². The first-order chi connectivity index (χ1) is 14.1. The van der Waals surface area contributed by atoms with E-state index in [4.69, 9.17) is 9.88 Å². The summed E-state index contributed by atoms with van der Waals surface area (Å²) in [6, 6.07) is 14.9. The maximum atomic E-state index is 12.9. The first-order valence-electron chi connectivity index (χ1n) is 8.79. The van der Waals surface area contributed by atoms with Crippen molar-refractivity contribution in [2.24, 2.45) is 5.14 Å². The number of benzene rings is 2. The highest BCUT2D eigenvalue weighted by molar-refractivity contribution is 7.89. The molecular weight excluding hydrogens is 419 g/mol. The van der Waals surface area contributed by atoms with Crippen LogP contribution < -0.4 is 15.2 Å². The number of rotatable bonds is 7. The molecule has 10 heteroatoms. The fourth-order valence-electron chi connectivity index (χ4n) is 2.65. The number of ether oxygens (including phenoxy) is 1. The van der Waals surface area contributed by atoms with Crippen molar-refractivity contribution in [3.05, 3.63) is 78.0 Å². The molecule has 0 saturated heterocycles. The number of halogens is 3. The molecule has 0 fully saturated rings. The van der Waals surface area contributed by atoms with Crippen molar-refractivity contribution in [1.29, 1.82) is 0 Å². The Morgan fingerprint density at radius 1 is 1.03 bits per heavy atom. The molecule has 3 N–H and O–H groups in total. The molecule has 0 bridgehead atoms. The average Bonchev–Trinajstić information content (AvgIpc) is 2.69. The molecule has 3 aromatic rings. The van der Waals surface area contributed by atoms with E-state index < -0.39 is 32.5 Å². The number of pyridine rings is 1. The zero-order valence-corrected chi connectivity index (χ0v) is 16.4. The number of sulfonamides is 1. The van der Waals surface area contributed by atoms with Crippen LogP contribution in [0.1, 0.15) is 11.1 Å². The van der Waals surface area contributed by atoms with E-state index in [1.807, 2.05) is 30.3 Å². The Kier molecular flexibility index (Phi) is 6.28. The topological polar surface area (TPSA) is 94.3 Å². The zero-order chi connectivity index (χ0) is 21.8. The molecule has 3 rings (SSSR count). The van der Waals surface area contributed by atoms with Crippen molar-refractivity contribution in [3.8, 4) is 11.6 Å². The van der Waals surface area contributed by atoms with E-state index in [0.717, 1.165) is 23.8 Å². The first-order valence-corrected chi connectivity index (χ1v) is 10.3. The number of nitrogens with two attached hydrogens (primary N) is 1. The van der Waals surface area contributed by atoms with Crippen LogP contribution >= 0.6 is 0 Å². The van der Waals surface area contributed by atoms with Crippen molar-refractivity contribution in [2.45, 2.75) is 17.5 Å². The quantitative estimate of drug-likeness (QED) is 0.578. The third-order valence-corrected chi connectivity index (χ3v) is 4.99. The van der Waals surface area contributed by atoms with Gasteiger partial charge < -0.3 is 10.1 Å². The molecular formula is C20H18F3N3O3S. The number of nitrogens with zero attached hydrogens (tertiary/aromatic N) is 1. The lowest BCUT2D eigenvalue weighted by Crippen LogP contribution is -2.15. The van der Waals surface area contributed by atoms with Gasteiger partial charge in [-0.1, -0.05) is 36.4 Å². The predicted octanol–water partition coefficient (Wildman–Crippen LogP) is 4.19. The summed E-state index contributed by atoms with van der Waals surface area (Å²) in [5.74, 6) is -0.627. The SMILES string of the molecule is NS(=O)(=O)c1cc(NCCc2ccccc2)cnc1Oc1cccc(C(F)(F)F)c1. The third-order valence-electron chi connectivity index (χ3n) is 4.09. The molecule has 1 heterocycles. The molecule has 0 aliphatic rings. The van der Waals surface area contributed by atoms with Crippen LogP contribution in [-0.2, 0) is 22.6 Å². The summed E-state index contributed by atoms with van der Waals surface area (Å²) in [5.41, 5.74) is 0.539. The summed E-state index contributed by atoms with van der Waals surface area (Å²) in [6.07, 6.45) is -2.56. The van der Waals surface area contributed by atoms with Gasteiger partial charge in [0.15, 0.2) is 0 Å². The van der Waals surface area contributed by atoms with Crippen LogP contribution in [0.25, 0.3) is 0 Å². The minimum atomic E-state index is -4.57. The highest BCUT2D eigenvalue weighted by Crippen LogP contribution is 2.34. The van der Waals surface area contributed by atoms with E-state index in [0.29, 0.717) is 18.7 Å². The minimum absolute atomic E-state index is 0.216. The Morgan fingerprint density at radius 3 is 2.43 bits per heavy atom. The van der Waals surface area contributed by atoms with Crippen molar-refractivity contribution in [3.63, 3.8) is 0 Å². The molecule has 2 aromatic carbocycles. The van der Waals surface area contributed by atoms with Crippen LogP contribution in [-0.4, -0.2) is 19.9 Å². The predicted molar refractivity (Wildman–Crippen MR) is 106 cm³/mol. The molecule has 1 aromatic heterocycles. The Labute approximate surface area is 171 Å². The van der Waals surface area contributed by atoms with Gasteiger partial charge in [0.2, 0.25) is 15.9 Å². The largest absolute Gasteiger partial charge is 0.438 e. The van der Waals surface area contributed by atoms with Crippen molar-refractivity contribution in [2.75, 3.05) is 11.9 Å². The van der Waals surface area contributed by atoms with Gasteiger partial charge in [0.1, 0.15) is 10.6 Å². The molecule has 0 aliphatic carbocycles. The maximum Gasteiger partial charge on any atom is 0.416 e. The second-order valence-corrected chi connectivity index (χ2v) is 7.89. The number of primary sulfonamides is 1. The smallest absolute Gasteiger partial charge is 0.416 e.